The zero-order valence-corrected chi connectivity index (χ0v) is 21.9. The summed E-state index contributed by atoms with van der Waals surface area (Å²) in [6.45, 7) is 5.21. The Bertz CT molecular complexity index is 1160. The lowest BCUT2D eigenvalue weighted by molar-refractivity contribution is -0.144. The number of nitrogens with zero attached hydrogens (tertiary/aromatic N) is 3. The van der Waals surface area contributed by atoms with Gasteiger partial charge in [0.05, 0.1) is 5.56 Å². The van der Waals surface area contributed by atoms with Gasteiger partial charge in [-0.25, -0.2) is 8.78 Å². The van der Waals surface area contributed by atoms with E-state index in [9.17, 15) is 23.2 Å². The molecule has 0 bridgehead atoms. The Kier molecular flexibility index (Phi) is 7.67. The zero-order chi connectivity index (χ0) is 26.9. The molecule has 8 heteroatoms. The van der Waals surface area contributed by atoms with Crippen molar-refractivity contribution in [3.63, 3.8) is 0 Å². The first-order valence-corrected chi connectivity index (χ1v) is 12.8. The Morgan fingerprint density at radius 3 is 2.24 bits per heavy atom. The lowest BCUT2D eigenvalue weighted by atomic mass is 9.62. The molecule has 2 aromatic rings. The fourth-order valence-corrected chi connectivity index (χ4v) is 6.02. The van der Waals surface area contributed by atoms with Gasteiger partial charge in [0.15, 0.2) is 0 Å². The molecule has 0 saturated carbocycles. The molecule has 2 saturated heterocycles. The van der Waals surface area contributed by atoms with Crippen LogP contribution in [0, 0.1) is 23.0 Å². The van der Waals surface area contributed by atoms with E-state index < -0.39 is 17.8 Å². The van der Waals surface area contributed by atoms with Crippen molar-refractivity contribution >= 4 is 17.7 Å². The van der Waals surface area contributed by atoms with E-state index in [1.807, 2.05) is 13.8 Å². The number of amides is 3. The molecule has 2 aromatic carbocycles. The molecule has 2 aliphatic heterocycles. The fraction of sp³-hybridized carbons (Fsp3) is 0.483. The summed E-state index contributed by atoms with van der Waals surface area (Å²) in [5, 5.41) is 0. The summed E-state index contributed by atoms with van der Waals surface area (Å²) in [6.07, 6.45) is 1.65. The van der Waals surface area contributed by atoms with Crippen molar-refractivity contribution in [3.05, 3.63) is 71.3 Å². The summed E-state index contributed by atoms with van der Waals surface area (Å²) < 4.78 is 27.9. The van der Waals surface area contributed by atoms with E-state index in [0.717, 1.165) is 5.56 Å². The number of carbonyl (C=O) groups is 3. The number of hydrogen-bond donors (Lipinski definition) is 0. The Hall–Kier alpha value is -3.29. The normalized spacial score (nSPS) is 20.3. The van der Waals surface area contributed by atoms with Crippen molar-refractivity contribution in [1.82, 2.24) is 14.7 Å². The van der Waals surface area contributed by atoms with Crippen molar-refractivity contribution in [2.75, 3.05) is 33.7 Å². The smallest absolute Gasteiger partial charge is 0.257 e. The molecule has 4 rings (SSSR count). The summed E-state index contributed by atoms with van der Waals surface area (Å²) in [4.78, 5) is 44.4. The van der Waals surface area contributed by atoms with Crippen LogP contribution in [-0.4, -0.2) is 72.2 Å². The molecular weight excluding hydrogens is 476 g/mol. The summed E-state index contributed by atoms with van der Waals surface area (Å²) in [6, 6.07) is 11.5. The monoisotopic (exact) mass is 511 g/mol. The number of likely N-dealkylation sites (N-methyl/N-ethyl adjacent to an activating group) is 2. The highest BCUT2D eigenvalue weighted by molar-refractivity contribution is 5.97. The fourth-order valence-electron chi connectivity index (χ4n) is 6.02. The van der Waals surface area contributed by atoms with Gasteiger partial charge in [-0.3, -0.25) is 14.4 Å². The maximum Gasteiger partial charge on any atom is 0.257 e. The molecule has 198 valence electrons. The standard InChI is InChI=1S/C29H35F2N3O3/c1-19(2)26(33(4)27(36)22-7-5-6-8-24(22)31)28(37)34-15-13-29(14-16-34)17-25(35)32(3)18-23(29)20-9-11-21(30)12-10-20/h5-12,19,23,26H,13-18H2,1-4H3/t23?,26-/m1/s1. The molecular formula is C29H35F2N3O3. The first kappa shape index (κ1) is 26.8. The van der Waals surface area contributed by atoms with Crippen LogP contribution in [0.15, 0.2) is 48.5 Å². The van der Waals surface area contributed by atoms with E-state index in [2.05, 4.69) is 0 Å². The van der Waals surface area contributed by atoms with Gasteiger partial charge in [0, 0.05) is 46.1 Å². The van der Waals surface area contributed by atoms with Crippen LogP contribution in [0.5, 0.6) is 0 Å². The molecule has 1 spiro atoms. The van der Waals surface area contributed by atoms with Gasteiger partial charge in [-0.15, -0.1) is 0 Å². The third-order valence-electron chi connectivity index (χ3n) is 8.19. The minimum atomic E-state index is -0.742. The largest absolute Gasteiger partial charge is 0.345 e. The Labute approximate surface area is 217 Å². The average molecular weight is 512 g/mol. The third kappa shape index (κ3) is 5.24. The van der Waals surface area contributed by atoms with Crippen LogP contribution in [-0.2, 0) is 9.59 Å². The second-order valence-electron chi connectivity index (χ2n) is 10.8. The van der Waals surface area contributed by atoms with Gasteiger partial charge in [-0.1, -0.05) is 38.1 Å². The zero-order valence-electron chi connectivity index (χ0n) is 21.9. The van der Waals surface area contributed by atoms with Crippen molar-refractivity contribution in [2.24, 2.45) is 11.3 Å². The highest BCUT2D eigenvalue weighted by Crippen LogP contribution is 2.50. The Morgan fingerprint density at radius 1 is 1.03 bits per heavy atom. The van der Waals surface area contributed by atoms with Crippen LogP contribution < -0.4 is 0 Å². The van der Waals surface area contributed by atoms with Gasteiger partial charge in [-0.2, -0.15) is 0 Å². The summed E-state index contributed by atoms with van der Waals surface area (Å²) >= 11 is 0. The highest BCUT2D eigenvalue weighted by atomic mass is 19.1. The molecule has 2 atom stereocenters. The molecule has 2 aliphatic rings. The maximum absolute atomic E-state index is 14.3. The predicted molar refractivity (Wildman–Crippen MR) is 137 cm³/mol. The van der Waals surface area contributed by atoms with Gasteiger partial charge >= 0.3 is 0 Å². The number of piperidine rings is 2. The number of carbonyl (C=O) groups excluding carboxylic acids is 3. The van der Waals surface area contributed by atoms with Crippen LogP contribution in [0.25, 0.3) is 0 Å². The molecule has 6 nitrogen and oxygen atoms in total. The number of halogens is 2. The van der Waals surface area contributed by atoms with Crippen LogP contribution in [0.3, 0.4) is 0 Å². The first-order valence-electron chi connectivity index (χ1n) is 12.8. The van der Waals surface area contributed by atoms with Crippen LogP contribution in [0.2, 0.25) is 0 Å². The molecule has 3 amide bonds. The number of rotatable bonds is 5. The summed E-state index contributed by atoms with van der Waals surface area (Å²) in [5.74, 6) is -1.68. The van der Waals surface area contributed by atoms with Crippen LogP contribution in [0.4, 0.5) is 8.78 Å². The SMILES string of the molecule is CC(C)[C@H](C(=O)N1CCC2(CC1)CC(=O)N(C)CC2c1ccc(F)cc1)N(C)C(=O)c1ccccc1F. The van der Waals surface area contributed by atoms with Crippen molar-refractivity contribution in [1.29, 1.82) is 0 Å². The molecule has 0 radical (unpaired) electrons. The Balaban J connectivity index is 1.53. The number of likely N-dealkylation sites (tertiary alicyclic amines) is 2. The van der Waals surface area contributed by atoms with E-state index >= 15 is 0 Å². The lowest BCUT2D eigenvalue weighted by Crippen LogP contribution is -2.57. The second-order valence-corrected chi connectivity index (χ2v) is 10.8. The van der Waals surface area contributed by atoms with Crippen molar-refractivity contribution in [3.8, 4) is 0 Å². The molecule has 37 heavy (non-hydrogen) atoms. The van der Waals surface area contributed by atoms with Crippen LogP contribution in [0.1, 0.15) is 54.9 Å². The first-order chi connectivity index (χ1) is 17.5. The molecule has 2 heterocycles. The number of hydrogen-bond acceptors (Lipinski definition) is 3. The van der Waals surface area contributed by atoms with Gasteiger partial charge in [0.1, 0.15) is 17.7 Å². The summed E-state index contributed by atoms with van der Waals surface area (Å²) in [5.41, 5.74) is 0.615. The van der Waals surface area contributed by atoms with E-state index in [4.69, 9.17) is 0 Å². The highest BCUT2D eigenvalue weighted by Gasteiger charge is 2.49. The maximum atomic E-state index is 14.3. The average Bonchev–Trinajstić information content (AvgIpc) is 2.87. The minimum absolute atomic E-state index is 0.0410. The lowest BCUT2D eigenvalue weighted by Gasteiger charge is -2.51. The van der Waals surface area contributed by atoms with Gasteiger partial charge < -0.3 is 14.7 Å². The van der Waals surface area contributed by atoms with Gasteiger partial charge in [0.2, 0.25) is 11.8 Å². The predicted octanol–water partition coefficient (Wildman–Crippen LogP) is 4.32. The van der Waals surface area contributed by atoms with E-state index in [1.54, 1.807) is 42.1 Å². The van der Waals surface area contributed by atoms with Gasteiger partial charge in [0.25, 0.3) is 5.91 Å². The molecule has 2 fully saturated rings. The topological polar surface area (TPSA) is 60.9 Å². The van der Waals surface area contributed by atoms with Crippen molar-refractivity contribution in [2.45, 2.75) is 45.1 Å². The second kappa shape index (κ2) is 10.6. The number of benzene rings is 2. The summed E-state index contributed by atoms with van der Waals surface area (Å²) in [7, 11) is 3.34. The quantitative estimate of drug-likeness (QED) is 0.601. The third-order valence-corrected chi connectivity index (χ3v) is 8.19. The Morgan fingerprint density at radius 2 is 1.65 bits per heavy atom. The van der Waals surface area contributed by atoms with Crippen molar-refractivity contribution < 1.29 is 23.2 Å². The molecule has 1 unspecified atom stereocenters. The van der Waals surface area contributed by atoms with Gasteiger partial charge in [-0.05, 0) is 54.0 Å². The minimum Gasteiger partial charge on any atom is -0.345 e. The molecule has 0 aliphatic carbocycles. The van der Waals surface area contributed by atoms with E-state index in [1.165, 1.54) is 35.2 Å². The van der Waals surface area contributed by atoms with E-state index in [-0.39, 0.29) is 40.4 Å². The molecule has 0 aromatic heterocycles. The van der Waals surface area contributed by atoms with E-state index in [0.29, 0.717) is 38.9 Å². The molecule has 0 N–H and O–H groups in total. The van der Waals surface area contributed by atoms with Crippen LogP contribution >= 0.6 is 0 Å².